The van der Waals surface area contributed by atoms with E-state index in [4.69, 9.17) is 11.6 Å². The fourth-order valence-electron chi connectivity index (χ4n) is 4.92. The van der Waals surface area contributed by atoms with Gasteiger partial charge < -0.3 is 10.2 Å². The van der Waals surface area contributed by atoms with Crippen molar-refractivity contribution < 1.29 is 0 Å². The van der Waals surface area contributed by atoms with Crippen LogP contribution in [0.5, 0.6) is 0 Å². The summed E-state index contributed by atoms with van der Waals surface area (Å²) in [5.74, 6) is 2.99. The molecule has 0 aromatic carbocycles. The number of hydrogen-bond donors (Lipinski definition) is 1. The highest BCUT2D eigenvalue weighted by Crippen LogP contribution is 2.43. The Bertz CT molecular complexity index is 443. The zero-order chi connectivity index (χ0) is 19.3. The van der Waals surface area contributed by atoms with Crippen LogP contribution in [0.2, 0.25) is 0 Å². The van der Waals surface area contributed by atoms with Gasteiger partial charge in [-0.2, -0.15) is 0 Å². The highest BCUT2D eigenvalue weighted by atomic mass is 35.5. The van der Waals surface area contributed by atoms with Crippen molar-refractivity contribution in [3.63, 3.8) is 0 Å². The van der Waals surface area contributed by atoms with Crippen LogP contribution >= 0.6 is 11.6 Å². The number of hydrogen-bond acceptors (Lipinski definition) is 2. The van der Waals surface area contributed by atoms with Crippen molar-refractivity contribution >= 4 is 11.6 Å². The van der Waals surface area contributed by atoms with Gasteiger partial charge in [0.2, 0.25) is 0 Å². The number of likely N-dealkylation sites (tertiary alicyclic amines) is 1. The Kier molecular flexibility index (Phi) is 8.50. The number of allylic oxidation sites excluding steroid dienone is 2. The first kappa shape index (κ1) is 22.2. The maximum atomic E-state index is 6.26. The van der Waals surface area contributed by atoms with E-state index in [1.807, 2.05) is 0 Å². The van der Waals surface area contributed by atoms with Gasteiger partial charge in [-0.3, -0.25) is 0 Å². The first-order valence-electron chi connectivity index (χ1n) is 11.0. The molecule has 26 heavy (non-hydrogen) atoms. The zero-order valence-electron chi connectivity index (χ0n) is 18.1. The lowest BCUT2D eigenvalue weighted by Gasteiger charge is -2.48. The molecule has 4 atom stereocenters. The summed E-state index contributed by atoms with van der Waals surface area (Å²) in [6, 6.07) is 0.604. The Balaban J connectivity index is 1.89. The molecular weight excluding hydrogens is 340 g/mol. The van der Waals surface area contributed by atoms with Crippen LogP contribution < -0.4 is 5.32 Å². The maximum Gasteiger partial charge on any atom is 0.0516 e. The van der Waals surface area contributed by atoms with Gasteiger partial charge in [0, 0.05) is 19.1 Å². The summed E-state index contributed by atoms with van der Waals surface area (Å²) in [5, 5.41) is 4.10. The third-order valence-electron chi connectivity index (χ3n) is 6.64. The molecule has 3 heteroatoms. The standard InChI is InChI=1S/C23H43ClN2/c1-17(2)11-13-25-22(18(3)4)15-26-14-12-21(23(5,6)16-26)19-7-9-20(24)10-8-19/h7,9,17-22,25H,8,10-16H2,1-6H3/t19?,20?,21-,22+/m1/s1. The minimum Gasteiger partial charge on any atom is -0.312 e. The molecule has 1 saturated heterocycles. The third kappa shape index (κ3) is 6.53. The van der Waals surface area contributed by atoms with Gasteiger partial charge in [0.15, 0.2) is 0 Å². The van der Waals surface area contributed by atoms with E-state index in [2.05, 4.69) is 63.9 Å². The van der Waals surface area contributed by atoms with Crippen molar-refractivity contribution in [2.24, 2.45) is 29.1 Å². The van der Waals surface area contributed by atoms with Crippen molar-refractivity contribution in [2.45, 2.75) is 78.6 Å². The van der Waals surface area contributed by atoms with Crippen LogP contribution in [0.4, 0.5) is 0 Å². The van der Waals surface area contributed by atoms with Gasteiger partial charge in [-0.25, -0.2) is 0 Å². The predicted molar refractivity (Wildman–Crippen MR) is 116 cm³/mol. The third-order valence-corrected chi connectivity index (χ3v) is 7.00. The number of halogens is 1. The van der Waals surface area contributed by atoms with Crippen molar-refractivity contribution in [3.8, 4) is 0 Å². The molecule has 0 aromatic heterocycles. The van der Waals surface area contributed by atoms with Gasteiger partial charge >= 0.3 is 0 Å². The molecule has 1 aliphatic carbocycles. The van der Waals surface area contributed by atoms with Crippen LogP contribution in [-0.2, 0) is 0 Å². The second-order valence-corrected chi connectivity index (χ2v) is 10.8. The molecule has 1 fully saturated rings. The molecule has 1 N–H and O–H groups in total. The minimum atomic E-state index is 0.262. The van der Waals surface area contributed by atoms with Crippen molar-refractivity contribution in [1.29, 1.82) is 0 Å². The average Bonchev–Trinajstić information content (AvgIpc) is 2.54. The van der Waals surface area contributed by atoms with Crippen molar-refractivity contribution in [2.75, 3.05) is 26.2 Å². The van der Waals surface area contributed by atoms with Gasteiger partial charge in [0.05, 0.1) is 5.38 Å². The Hall–Kier alpha value is -0.0500. The van der Waals surface area contributed by atoms with E-state index >= 15 is 0 Å². The first-order chi connectivity index (χ1) is 12.2. The number of rotatable bonds is 8. The highest BCUT2D eigenvalue weighted by molar-refractivity contribution is 6.21. The lowest BCUT2D eigenvalue weighted by molar-refractivity contribution is 0.0220. The summed E-state index contributed by atoms with van der Waals surface area (Å²) < 4.78 is 0. The Morgan fingerprint density at radius 2 is 1.85 bits per heavy atom. The van der Waals surface area contributed by atoms with E-state index in [9.17, 15) is 0 Å². The molecule has 152 valence electrons. The summed E-state index contributed by atoms with van der Waals surface area (Å²) in [4.78, 5) is 2.72. The van der Waals surface area contributed by atoms with Crippen molar-refractivity contribution in [1.82, 2.24) is 10.2 Å². The number of piperidine rings is 1. The highest BCUT2D eigenvalue weighted by Gasteiger charge is 2.40. The average molecular weight is 383 g/mol. The molecular formula is C23H43ClN2. The van der Waals surface area contributed by atoms with E-state index in [0.717, 1.165) is 30.7 Å². The molecule has 0 radical (unpaired) electrons. The fraction of sp³-hybridized carbons (Fsp3) is 0.913. The van der Waals surface area contributed by atoms with E-state index in [0.29, 0.717) is 17.4 Å². The van der Waals surface area contributed by atoms with Crippen LogP contribution in [0.3, 0.4) is 0 Å². The first-order valence-corrected chi connectivity index (χ1v) is 11.4. The summed E-state index contributed by atoms with van der Waals surface area (Å²) >= 11 is 6.26. The zero-order valence-corrected chi connectivity index (χ0v) is 18.9. The number of nitrogens with one attached hydrogen (secondary N) is 1. The van der Waals surface area contributed by atoms with Crippen LogP contribution in [0.15, 0.2) is 12.2 Å². The summed E-state index contributed by atoms with van der Waals surface area (Å²) in [7, 11) is 0. The lowest BCUT2D eigenvalue weighted by Crippen LogP contribution is -2.53. The van der Waals surface area contributed by atoms with Gasteiger partial charge in [0.25, 0.3) is 0 Å². The molecule has 0 aromatic rings. The van der Waals surface area contributed by atoms with E-state index in [1.165, 1.54) is 38.9 Å². The Morgan fingerprint density at radius 1 is 1.12 bits per heavy atom. The molecule has 0 amide bonds. The van der Waals surface area contributed by atoms with Crippen LogP contribution in [0, 0.1) is 29.1 Å². The summed E-state index contributed by atoms with van der Waals surface area (Å²) in [5.41, 5.74) is 0.381. The predicted octanol–water partition coefficient (Wildman–Crippen LogP) is 5.57. The molecule has 1 heterocycles. The Labute approximate surface area is 168 Å². The molecule has 1 aliphatic heterocycles. The molecule has 0 saturated carbocycles. The number of nitrogens with zero attached hydrogens (tertiary/aromatic N) is 1. The topological polar surface area (TPSA) is 15.3 Å². The second kappa shape index (κ2) is 9.94. The van der Waals surface area contributed by atoms with Crippen molar-refractivity contribution in [3.05, 3.63) is 12.2 Å². The van der Waals surface area contributed by atoms with E-state index in [-0.39, 0.29) is 5.38 Å². The molecule has 2 nitrogen and oxygen atoms in total. The molecule has 0 spiro atoms. The Morgan fingerprint density at radius 3 is 2.38 bits per heavy atom. The largest absolute Gasteiger partial charge is 0.312 e. The molecule has 0 bridgehead atoms. The minimum absolute atomic E-state index is 0.262. The fourth-order valence-corrected chi connectivity index (χ4v) is 5.13. The molecule has 2 rings (SSSR count). The SMILES string of the molecule is CC(C)CCN[C@@H](CN1CC[C@H](C2C=CC(Cl)CC2)C(C)(C)C1)C(C)C. The van der Waals surface area contributed by atoms with E-state index in [1.54, 1.807) is 0 Å². The monoisotopic (exact) mass is 382 g/mol. The van der Waals surface area contributed by atoms with Crippen LogP contribution in [-0.4, -0.2) is 42.5 Å². The van der Waals surface area contributed by atoms with Gasteiger partial charge in [0.1, 0.15) is 0 Å². The second-order valence-electron chi connectivity index (χ2n) is 10.2. The van der Waals surface area contributed by atoms with Crippen LogP contribution in [0.1, 0.15) is 67.2 Å². The summed E-state index contributed by atoms with van der Waals surface area (Å²) in [6.07, 6.45) is 9.68. The summed E-state index contributed by atoms with van der Waals surface area (Å²) in [6.45, 7) is 19.1. The van der Waals surface area contributed by atoms with Gasteiger partial charge in [-0.05, 0) is 67.9 Å². The smallest absolute Gasteiger partial charge is 0.0516 e. The molecule has 2 aliphatic rings. The quantitative estimate of drug-likeness (QED) is 0.436. The normalized spacial score (nSPS) is 30.9. The van der Waals surface area contributed by atoms with Gasteiger partial charge in [-0.15, -0.1) is 11.6 Å². The number of alkyl halides is 1. The van der Waals surface area contributed by atoms with Crippen LogP contribution in [0.25, 0.3) is 0 Å². The van der Waals surface area contributed by atoms with E-state index < -0.39 is 0 Å². The van der Waals surface area contributed by atoms with Gasteiger partial charge in [-0.1, -0.05) is 53.7 Å². The maximum absolute atomic E-state index is 6.26. The lowest BCUT2D eigenvalue weighted by atomic mass is 9.65. The molecule has 2 unspecified atom stereocenters.